The highest BCUT2D eigenvalue weighted by Crippen LogP contribution is 2.37. The van der Waals surface area contributed by atoms with Crippen LogP contribution >= 0.6 is 0 Å². The third-order valence-electron chi connectivity index (χ3n) is 4.84. The molecule has 28 heavy (non-hydrogen) atoms. The maximum atomic E-state index is 9.07. The first kappa shape index (κ1) is 19.2. The fourth-order valence-corrected chi connectivity index (χ4v) is 3.33. The van der Waals surface area contributed by atoms with E-state index in [4.69, 9.17) is 10.00 Å². The molecule has 1 heterocycles. The number of likely N-dealkylation sites (N-methyl/N-ethyl adjacent to an activating group) is 1. The summed E-state index contributed by atoms with van der Waals surface area (Å²) in [7, 11) is 3.67. The maximum absolute atomic E-state index is 9.07. The molecule has 2 aromatic carbocycles. The minimum absolute atomic E-state index is 0.626. The average Bonchev–Trinajstić information content (AvgIpc) is 2.72. The van der Waals surface area contributed by atoms with Crippen molar-refractivity contribution in [2.24, 2.45) is 0 Å². The number of anilines is 1. The number of nitriles is 1. The zero-order chi connectivity index (χ0) is 20.3. The van der Waals surface area contributed by atoms with Crippen LogP contribution in [0.4, 0.5) is 5.69 Å². The summed E-state index contributed by atoms with van der Waals surface area (Å²) in [5, 5.41) is 10.1. The molecule has 0 amide bonds. The van der Waals surface area contributed by atoms with E-state index in [1.807, 2.05) is 56.6 Å². The Morgan fingerprint density at radius 1 is 1.29 bits per heavy atom. The zero-order valence-corrected chi connectivity index (χ0v) is 16.5. The van der Waals surface area contributed by atoms with E-state index >= 15 is 0 Å². The minimum atomic E-state index is 0.626. The highest BCUT2D eigenvalue weighted by molar-refractivity contribution is 6.01. The Hall–Kier alpha value is -3.58. The van der Waals surface area contributed by atoms with Crippen LogP contribution in [0.1, 0.15) is 22.3 Å². The topological polar surface area (TPSA) is 49.2 Å². The van der Waals surface area contributed by atoms with E-state index in [-0.39, 0.29) is 0 Å². The first-order chi connectivity index (χ1) is 13.5. The Kier molecular flexibility index (Phi) is 5.47. The summed E-state index contributed by atoms with van der Waals surface area (Å²) in [4.78, 5) is 6.76. The van der Waals surface area contributed by atoms with Crippen molar-refractivity contribution < 1.29 is 4.74 Å². The molecule has 0 aliphatic heterocycles. The maximum Gasteiger partial charge on any atom is 0.123 e. The van der Waals surface area contributed by atoms with Gasteiger partial charge >= 0.3 is 0 Å². The van der Waals surface area contributed by atoms with Crippen LogP contribution in [-0.4, -0.2) is 25.7 Å². The molecule has 0 atom stereocenters. The molecule has 1 aromatic heterocycles. The van der Waals surface area contributed by atoms with E-state index < -0.39 is 0 Å². The normalized spacial score (nSPS) is 10.4. The molecule has 3 aromatic rings. The number of benzene rings is 2. The molecule has 0 spiro atoms. The van der Waals surface area contributed by atoms with Crippen molar-refractivity contribution >= 4 is 22.2 Å². The fourth-order valence-electron chi connectivity index (χ4n) is 3.33. The van der Waals surface area contributed by atoms with Crippen LogP contribution in [0.25, 0.3) is 16.5 Å². The van der Waals surface area contributed by atoms with Crippen LogP contribution in [0, 0.1) is 18.3 Å². The fraction of sp³-hybridized carbons (Fsp3) is 0.167. The number of rotatable bonds is 6. The molecule has 0 radical (unpaired) electrons. The molecule has 0 N–H and O–H groups in total. The van der Waals surface area contributed by atoms with Crippen molar-refractivity contribution in [3.05, 3.63) is 84.1 Å². The van der Waals surface area contributed by atoms with E-state index in [9.17, 15) is 0 Å². The molecular formula is C24H23N3O. The Morgan fingerprint density at radius 2 is 2.00 bits per heavy atom. The van der Waals surface area contributed by atoms with Gasteiger partial charge < -0.3 is 9.64 Å². The number of fused-ring (bicyclic) bond motifs is 1. The molecule has 0 aliphatic rings. The van der Waals surface area contributed by atoms with Gasteiger partial charge in [0.15, 0.2) is 0 Å². The third kappa shape index (κ3) is 3.47. The first-order valence-corrected chi connectivity index (χ1v) is 8.99. The number of hydrogen-bond donors (Lipinski definition) is 0. The van der Waals surface area contributed by atoms with Crippen molar-refractivity contribution in [3.8, 4) is 11.8 Å². The molecule has 0 saturated heterocycles. The molecule has 0 fully saturated rings. The lowest BCUT2D eigenvalue weighted by molar-refractivity contribution is 0.412. The van der Waals surface area contributed by atoms with E-state index in [1.165, 1.54) is 0 Å². The first-order valence-electron chi connectivity index (χ1n) is 8.99. The Morgan fingerprint density at radius 3 is 2.61 bits per heavy atom. The zero-order valence-electron chi connectivity index (χ0n) is 16.5. The lowest BCUT2D eigenvalue weighted by Gasteiger charge is -2.23. The van der Waals surface area contributed by atoms with Crippen molar-refractivity contribution in [2.75, 3.05) is 25.6 Å². The van der Waals surface area contributed by atoms with E-state index in [2.05, 4.69) is 35.2 Å². The second-order valence-electron chi connectivity index (χ2n) is 6.69. The van der Waals surface area contributed by atoms with Gasteiger partial charge in [0.1, 0.15) is 5.75 Å². The van der Waals surface area contributed by atoms with Crippen LogP contribution in [0.3, 0.4) is 0 Å². The standard InChI is InChI=1S/C24H23N3O/c1-6-11-27(4)22-15-26-21-13-23(28-5)16(2)12-20(21)24(22)17(3)19-9-7-18(14-25)8-10-19/h6-10,12-13,15H,1,3,11H2,2,4-5H3. The highest BCUT2D eigenvalue weighted by Gasteiger charge is 2.17. The second kappa shape index (κ2) is 7.98. The lowest BCUT2D eigenvalue weighted by atomic mass is 9.93. The summed E-state index contributed by atoms with van der Waals surface area (Å²) in [5.41, 5.74) is 6.36. The number of aromatic nitrogens is 1. The van der Waals surface area contributed by atoms with Gasteiger partial charge in [0.05, 0.1) is 36.1 Å². The van der Waals surface area contributed by atoms with Crippen LogP contribution in [0.5, 0.6) is 5.75 Å². The van der Waals surface area contributed by atoms with Crippen molar-refractivity contribution in [1.82, 2.24) is 4.98 Å². The molecule has 4 heteroatoms. The second-order valence-corrected chi connectivity index (χ2v) is 6.69. The molecule has 0 saturated carbocycles. The van der Waals surface area contributed by atoms with Crippen molar-refractivity contribution in [2.45, 2.75) is 6.92 Å². The SMILES string of the molecule is C=CCN(C)c1cnc2cc(OC)c(C)cc2c1C(=C)c1ccc(C#N)cc1. The van der Waals surface area contributed by atoms with Gasteiger partial charge in [-0.15, -0.1) is 6.58 Å². The van der Waals surface area contributed by atoms with Crippen LogP contribution in [-0.2, 0) is 0 Å². The predicted molar refractivity (Wildman–Crippen MR) is 116 cm³/mol. The number of nitrogens with zero attached hydrogens (tertiary/aromatic N) is 3. The van der Waals surface area contributed by atoms with Gasteiger partial charge in [0.2, 0.25) is 0 Å². The molecule has 4 nitrogen and oxygen atoms in total. The Labute approximate surface area is 166 Å². The molecule has 3 rings (SSSR count). The van der Waals surface area contributed by atoms with Gasteiger partial charge in [0.25, 0.3) is 0 Å². The summed E-state index contributed by atoms with van der Waals surface area (Å²) < 4.78 is 5.46. The largest absolute Gasteiger partial charge is 0.496 e. The third-order valence-corrected chi connectivity index (χ3v) is 4.84. The van der Waals surface area contributed by atoms with Gasteiger partial charge in [-0.05, 0) is 41.8 Å². The number of hydrogen-bond acceptors (Lipinski definition) is 4. The summed E-state index contributed by atoms with van der Waals surface area (Å²) in [6.07, 6.45) is 3.72. The number of aryl methyl sites for hydroxylation is 1. The van der Waals surface area contributed by atoms with Gasteiger partial charge in [-0.2, -0.15) is 5.26 Å². The molecule has 0 bridgehead atoms. The van der Waals surface area contributed by atoms with Gasteiger partial charge in [-0.3, -0.25) is 4.98 Å². The minimum Gasteiger partial charge on any atom is -0.496 e. The smallest absolute Gasteiger partial charge is 0.123 e. The Bertz CT molecular complexity index is 1090. The number of methoxy groups -OCH3 is 1. The average molecular weight is 369 g/mol. The molecular weight excluding hydrogens is 346 g/mol. The monoisotopic (exact) mass is 369 g/mol. The highest BCUT2D eigenvalue weighted by atomic mass is 16.5. The summed E-state index contributed by atoms with van der Waals surface area (Å²) >= 11 is 0. The van der Waals surface area contributed by atoms with Crippen LogP contribution in [0.2, 0.25) is 0 Å². The number of ether oxygens (including phenoxy) is 1. The summed E-state index contributed by atoms with van der Waals surface area (Å²) in [6.45, 7) is 10.9. The molecule has 140 valence electrons. The number of pyridine rings is 1. The summed E-state index contributed by atoms with van der Waals surface area (Å²) in [5.74, 6) is 0.808. The quantitative estimate of drug-likeness (QED) is 0.567. The van der Waals surface area contributed by atoms with Crippen LogP contribution < -0.4 is 9.64 Å². The van der Waals surface area contributed by atoms with E-state index in [0.717, 1.165) is 44.6 Å². The van der Waals surface area contributed by atoms with Gasteiger partial charge in [0, 0.05) is 30.6 Å². The van der Waals surface area contributed by atoms with Gasteiger partial charge in [-0.25, -0.2) is 0 Å². The predicted octanol–water partition coefficient (Wildman–Crippen LogP) is 5.11. The molecule has 0 unspecified atom stereocenters. The van der Waals surface area contributed by atoms with E-state index in [1.54, 1.807) is 7.11 Å². The van der Waals surface area contributed by atoms with E-state index in [0.29, 0.717) is 12.1 Å². The Balaban J connectivity index is 2.27. The molecule has 0 aliphatic carbocycles. The van der Waals surface area contributed by atoms with Crippen molar-refractivity contribution in [1.29, 1.82) is 5.26 Å². The lowest BCUT2D eigenvalue weighted by Crippen LogP contribution is -2.18. The van der Waals surface area contributed by atoms with Crippen LogP contribution in [0.15, 0.2) is 61.8 Å². The van der Waals surface area contributed by atoms with Crippen molar-refractivity contribution in [3.63, 3.8) is 0 Å². The summed E-state index contributed by atoms with van der Waals surface area (Å²) in [6, 6.07) is 13.7. The van der Waals surface area contributed by atoms with Gasteiger partial charge in [-0.1, -0.05) is 24.8 Å².